The molecule has 0 fully saturated rings. The van der Waals surface area contributed by atoms with Gasteiger partial charge in [0.05, 0.1) is 10.5 Å². The Hall–Kier alpha value is -1.20. The first-order chi connectivity index (χ1) is 7.15. The SMILES string of the molecule is CNCC=Cc1ccc(Br)cc1[N+](=O)[O-]. The summed E-state index contributed by atoms with van der Waals surface area (Å²) in [5, 5.41) is 13.7. The first-order valence-corrected chi connectivity index (χ1v) is 5.19. The third-order valence-electron chi connectivity index (χ3n) is 1.81. The summed E-state index contributed by atoms with van der Waals surface area (Å²) in [6.45, 7) is 0.688. The van der Waals surface area contributed by atoms with Gasteiger partial charge in [0.15, 0.2) is 0 Å². The maximum absolute atomic E-state index is 10.7. The lowest BCUT2D eigenvalue weighted by Crippen LogP contribution is -2.03. The van der Waals surface area contributed by atoms with Crippen LogP contribution in [0.25, 0.3) is 6.08 Å². The molecule has 0 radical (unpaired) electrons. The van der Waals surface area contributed by atoms with Crippen molar-refractivity contribution in [1.82, 2.24) is 5.32 Å². The lowest BCUT2D eigenvalue weighted by molar-refractivity contribution is -0.385. The molecule has 1 aromatic carbocycles. The lowest BCUT2D eigenvalue weighted by atomic mass is 10.1. The average Bonchev–Trinajstić information content (AvgIpc) is 2.20. The molecule has 0 amide bonds. The first kappa shape index (κ1) is 11.9. The third kappa shape index (κ3) is 3.45. The Kier molecular flexibility index (Phi) is 4.45. The van der Waals surface area contributed by atoms with Crippen molar-refractivity contribution in [3.05, 3.63) is 44.4 Å². The summed E-state index contributed by atoms with van der Waals surface area (Å²) >= 11 is 3.21. The molecular weight excluding hydrogens is 260 g/mol. The fourth-order valence-corrected chi connectivity index (χ4v) is 1.47. The number of hydrogen-bond acceptors (Lipinski definition) is 3. The molecule has 1 rings (SSSR count). The van der Waals surface area contributed by atoms with E-state index in [4.69, 9.17) is 0 Å². The number of nitro groups is 1. The van der Waals surface area contributed by atoms with E-state index in [0.717, 1.165) is 0 Å². The Balaban J connectivity index is 3.01. The molecule has 0 saturated heterocycles. The molecule has 0 atom stereocenters. The number of hydrogen-bond donors (Lipinski definition) is 1. The van der Waals surface area contributed by atoms with Gasteiger partial charge < -0.3 is 5.32 Å². The molecule has 4 nitrogen and oxygen atoms in total. The van der Waals surface area contributed by atoms with Gasteiger partial charge in [-0.3, -0.25) is 10.1 Å². The van der Waals surface area contributed by atoms with E-state index >= 15 is 0 Å². The molecule has 15 heavy (non-hydrogen) atoms. The molecule has 0 spiro atoms. The van der Waals surface area contributed by atoms with Gasteiger partial charge in [-0.15, -0.1) is 0 Å². The molecule has 0 aliphatic carbocycles. The minimum atomic E-state index is -0.385. The molecular formula is C10H11BrN2O2. The van der Waals surface area contributed by atoms with E-state index in [2.05, 4.69) is 21.2 Å². The monoisotopic (exact) mass is 270 g/mol. The summed E-state index contributed by atoms with van der Waals surface area (Å²) in [7, 11) is 1.82. The molecule has 0 aliphatic heterocycles. The summed E-state index contributed by atoms with van der Waals surface area (Å²) in [6.07, 6.45) is 3.58. The molecule has 1 N–H and O–H groups in total. The van der Waals surface area contributed by atoms with Gasteiger partial charge in [0.25, 0.3) is 5.69 Å². The second-order valence-corrected chi connectivity index (χ2v) is 3.84. The van der Waals surface area contributed by atoms with E-state index in [0.29, 0.717) is 16.6 Å². The van der Waals surface area contributed by atoms with Gasteiger partial charge >= 0.3 is 0 Å². The molecule has 0 bridgehead atoms. The van der Waals surface area contributed by atoms with Crippen molar-refractivity contribution in [1.29, 1.82) is 0 Å². The Morgan fingerprint density at radius 1 is 1.60 bits per heavy atom. The summed E-state index contributed by atoms with van der Waals surface area (Å²) in [5.74, 6) is 0. The molecule has 5 heteroatoms. The number of likely N-dealkylation sites (N-methyl/N-ethyl adjacent to an activating group) is 1. The van der Waals surface area contributed by atoms with Crippen LogP contribution in [0.2, 0.25) is 0 Å². The summed E-state index contributed by atoms with van der Waals surface area (Å²) in [4.78, 5) is 10.4. The van der Waals surface area contributed by atoms with Gasteiger partial charge in [0, 0.05) is 17.1 Å². The number of benzene rings is 1. The summed E-state index contributed by atoms with van der Waals surface area (Å²) < 4.78 is 0.708. The molecule has 0 saturated carbocycles. The van der Waals surface area contributed by atoms with Crippen LogP contribution >= 0.6 is 15.9 Å². The normalized spacial score (nSPS) is 10.8. The average molecular weight is 271 g/mol. The molecule has 1 aromatic rings. The van der Waals surface area contributed by atoms with E-state index < -0.39 is 0 Å². The highest BCUT2D eigenvalue weighted by molar-refractivity contribution is 9.10. The van der Waals surface area contributed by atoms with Crippen LogP contribution in [0.1, 0.15) is 5.56 Å². The minimum Gasteiger partial charge on any atom is -0.316 e. The molecule has 0 aliphatic rings. The van der Waals surface area contributed by atoms with Gasteiger partial charge in [0.2, 0.25) is 0 Å². The fourth-order valence-electron chi connectivity index (χ4n) is 1.12. The Bertz CT molecular complexity index is 391. The highest BCUT2D eigenvalue weighted by Crippen LogP contribution is 2.24. The van der Waals surface area contributed by atoms with Crippen LogP contribution in [0.4, 0.5) is 5.69 Å². The van der Waals surface area contributed by atoms with Crippen molar-refractivity contribution < 1.29 is 4.92 Å². The zero-order valence-corrected chi connectivity index (χ0v) is 9.82. The zero-order chi connectivity index (χ0) is 11.3. The minimum absolute atomic E-state index is 0.108. The second-order valence-electron chi connectivity index (χ2n) is 2.92. The van der Waals surface area contributed by atoms with Crippen molar-refractivity contribution >= 4 is 27.7 Å². The number of nitro benzene ring substituents is 1. The molecule has 0 heterocycles. The number of nitrogens with one attached hydrogen (secondary N) is 1. The van der Waals surface area contributed by atoms with Gasteiger partial charge in [-0.25, -0.2) is 0 Å². The highest BCUT2D eigenvalue weighted by atomic mass is 79.9. The number of halogens is 1. The topological polar surface area (TPSA) is 55.2 Å². The molecule has 80 valence electrons. The van der Waals surface area contributed by atoms with Crippen LogP contribution in [0.15, 0.2) is 28.7 Å². The predicted octanol–water partition coefficient (Wildman–Crippen LogP) is 2.59. The summed E-state index contributed by atoms with van der Waals surface area (Å²) in [5.41, 5.74) is 0.718. The zero-order valence-electron chi connectivity index (χ0n) is 8.24. The number of rotatable bonds is 4. The molecule has 0 aromatic heterocycles. The quantitative estimate of drug-likeness (QED) is 0.676. The fraction of sp³-hybridized carbons (Fsp3) is 0.200. The van der Waals surface area contributed by atoms with Crippen molar-refractivity contribution in [2.24, 2.45) is 0 Å². The van der Waals surface area contributed by atoms with Crippen molar-refractivity contribution in [3.63, 3.8) is 0 Å². The maximum Gasteiger partial charge on any atom is 0.277 e. The Morgan fingerprint density at radius 3 is 2.93 bits per heavy atom. The van der Waals surface area contributed by atoms with Gasteiger partial charge in [0.1, 0.15) is 0 Å². The largest absolute Gasteiger partial charge is 0.316 e. The molecule has 0 unspecified atom stereocenters. The van der Waals surface area contributed by atoms with E-state index in [1.807, 2.05) is 13.1 Å². The van der Waals surface area contributed by atoms with E-state index in [1.54, 1.807) is 18.2 Å². The van der Waals surface area contributed by atoms with Gasteiger partial charge in [-0.2, -0.15) is 0 Å². The van der Waals surface area contributed by atoms with Crippen LogP contribution in [-0.2, 0) is 0 Å². The van der Waals surface area contributed by atoms with Crippen LogP contribution in [-0.4, -0.2) is 18.5 Å². The Morgan fingerprint density at radius 2 is 2.33 bits per heavy atom. The lowest BCUT2D eigenvalue weighted by Gasteiger charge is -1.98. The van der Waals surface area contributed by atoms with Gasteiger partial charge in [-0.05, 0) is 19.2 Å². The second kappa shape index (κ2) is 5.63. The smallest absolute Gasteiger partial charge is 0.277 e. The summed E-state index contributed by atoms with van der Waals surface area (Å²) in [6, 6.07) is 5.00. The van der Waals surface area contributed by atoms with Crippen molar-refractivity contribution in [2.75, 3.05) is 13.6 Å². The van der Waals surface area contributed by atoms with Gasteiger partial charge in [-0.1, -0.05) is 28.1 Å². The third-order valence-corrected chi connectivity index (χ3v) is 2.30. The highest BCUT2D eigenvalue weighted by Gasteiger charge is 2.11. The Labute approximate surface area is 96.3 Å². The van der Waals surface area contributed by atoms with Crippen LogP contribution in [0, 0.1) is 10.1 Å². The van der Waals surface area contributed by atoms with Crippen LogP contribution in [0.5, 0.6) is 0 Å². The van der Waals surface area contributed by atoms with E-state index in [9.17, 15) is 10.1 Å². The van der Waals surface area contributed by atoms with E-state index in [-0.39, 0.29) is 10.6 Å². The standard InChI is InChI=1S/C10H11BrN2O2/c1-12-6-2-3-8-4-5-9(11)7-10(8)13(14)15/h2-5,7,12H,6H2,1H3. The van der Waals surface area contributed by atoms with Crippen molar-refractivity contribution in [2.45, 2.75) is 0 Å². The first-order valence-electron chi connectivity index (χ1n) is 4.40. The maximum atomic E-state index is 10.7. The van der Waals surface area contributed by atoms with Crippen LogP contribution in [0.3, 0.4) is 0 Å². The number of nitrogens with zero attached hydrogens (tertiary/aromatic N) is 1. The van der Waals surface area contributed by atoms with E-state index in [1.165, 1.54) is 6.07 Å². The van der Waals surface area contributed by atoms with Crippen LogP contribution < -0.4 is 5.32 Å². The van der Waals surface area contributed by atoms with Crippen molar-refractivity contribution in [3.8, 4) is 0 Å². The predicted molar refractivity (Wildman–Crippen MR) is 63.8 cm³/mol.